The van der Waals surface area contributed by atoms with Crippen LogP contribution in [0.1, 0.15) is 27.2 Å². The van der Waals surface area contributed by atoms with Crippen LogP contribution in [0, 0.1) is 11.3 Å². The zero-order valence-electron chi connectivity index (χ0n) is 9.52. The monoisotopic (exact) mass is 198 g/mol. The number of hydrogen-bond acceptors (Lipinski definition) is 3. The fourth-order valence-electron chi connectivity index (χ4n) is 2.25. The van der Waals surface area contributed by atoms with Crippen molar-refractivity contribution < 1.29 is 4.74 Å². The largest absolute Gasteiger partial charge is 0.360 e. The lowest BCUT2D eigenvalue weighted by Gasteiger charge is -2.45. The molecule has 2 aliphatic rings. The number of hydrogen-bond donors (Lipinski definition) is 2. The van der Waals surface area contributed by atoms with Crippen LogP contribution in [0.25, 0.3) is 0 Å². The zero-order chi connectivity index (χ0) is 10.2. The van der Waals surface area contributed by atoms with E-state index in [1.165, 1.54) is 6.42 Å². The highest BCUT2D eigenvalue weighted by Gasteiger charge is 2.42. The maximum atomic E-state index is 6.01. The second kappa shape index (κ2) is 3.47. The van der Waals surface area contributed by atoms with E-state index in [9.17, 15) is 0 Å². The Labute approximate surface area is 86.6 Å². The molecule has 2 atom stereocenters. The topological polar surface area (TPSA) is 33.3 Å². The summed E-state index contributed by atoms with van der Waals surface area (Å²) in [5, 5.41) is 6.96. The Bertz CT molecular complexity index is 199. The van der Waals surface area contributed by atoms with Gasteiger partial charge in [0.2, 0.25) is 0 Å². The van der Waals surface area contributed by atoms with Crippen LogP contribution in [0.4, 0.5) is 0 Å². The predicted octanol–water partition coefficient (Wildman–Crippen LogP) is 0.958. The van der Waals surface area contributed by atoms with Gasteiger partial charge in [-0.1, -0.05) is 13.8 Å². The molecule has 2 aliphatic heterocycles. The quantitative estimate of drug-likeness (QED) is 0.658. The minimum absolute atomic E-state index is 0.0982. The van der Waals surface area contributed by atoms with E-state index in [0.717, 1.165) is 26.2 Å². The Morgan fingerprint density at radius 2 is 2.07 bits per heavy atom. The summed E-state index contributed by atoms with van der Waals surface area (Å²) in [6.07, 6.45) is 1.23. The van der Waals surface area contributed by atoms with Crippen LogP contribution in [0.15, 0.2) is 0 Å². The molecule has 2 saturated heterocycles. The number of nitrogens with one attached hydrogen (secondary N) is 2. The van der Waals surface area contributed by atoms with E-state index in [-0.39, 0.29) is 11.1 Å². The normalized spacial score (nSPS) is 42.6. The maximum absolute atomic E-state index is 6.01. The number of ether oxygens (including phenoxy) is 1. The first-order valence-electron chi connectivity index (χ1n) is 5.62. The minimum atomic E-state index is -0.0982. The van der Waals surface area contributed by atoms with Gasteiger partial charge < -0.3 is 10.1 Å². The average molecular weight is 198 g/mol. The molecule has 0 aromatic heterocycles. The van der Waals surface area contributed by atoms with Crippen LogP contribution in [-0.4, -0.2) is 32.0 Å². The second-order valence-electron chi connectivity index (χ2n) is 5.60. The highest BCUT2D eigenvalue weighted by molar-refractivity contribution is 4.92. The molecule has 0 bridgehead atoms. The summed E-state index contributed by atoms with van der Waals surface area (Å²) in [7, 11) is 0. The molecule has 14 heavy (non-hydrogen) atoms. The Hall–Kier alpha value is -0.120. The molecular weight excluding hydrogens is 176 g/mol. The van der Waals surface area contributed by atoms with Gasteiger partial charge in [-0.25, -0.2) is 0 Å². The molecule has 0 amide bonds. The third kappa shape index (κ3) is 1.95. The fraction of sp³-hybridized carbons (Fsp3) is 1.00. The van der Waals surface area contributed by atoms with E-state index in [2.05, 4.69) is 31.4 Å². The number of rotatable bonds is 1. The summed E-state index contributed by atoms with van der Waals surface area (Å²) in [6.45, 7) is 10.8. The Balaban J connectivity index is 1.97. The molecule has 0 radical (unpaired) electrons. The van der Waals surface area contributed by atoms with E-state index in [1.807, 2.05) is 0 Å². The van der Waals surface area contributed by atoms with Gasteiger partial charge in [-0.05, 0) is 19.9 Å². The molecule has 2 unspecified atom stereocenters. The summed E-state index contributed by atoms with van der Waals surface area (Å²) in [4.78, 5) is 0. The zero-order valence-corrected chi connectivity index (χ0v) is 9.52. The van der Waals surface area contributed by atoms with Crippen LogP contribution in [-0.2, 0) is 4.74 Å². The molecule has 2 heterocycles. The van der Waals surface area contributed by atoms with Gasteiger partial charge in [0.25, 0.3) is 0 Å². The second-order valence-corrected chi connectivity index (χ2v) is 5.60. The van der Waals surface area contributed by atoms with E-state index >= 15 is 0 Å². The summed E-state index contributed by atoms with van der Waals surface area (Å²) in [5.41, 5.74) is 0.185. The van der Waals surface area contributed by atoms with Crippen LogP contribution in [0.3, 0.4) is 0 Å². The fourth-order valence-corrected chi connectivity index (χ4v) is 2.25. The van der Waals surface area contributed by atoms with Crippen molar-refractivity contribution in [3.8, 4) is 0 Å². The van der Waals surface area contributed by atoms with Crippen molar-refractivity contribution in [2.75, 3.05) is 26.2 Å². The lowest BCUT2D eigenvalue weighted by atomic mass is 9.88. The smallest absolute Gasteiger partial charge is 0.120 e. The Kier molecular flexibility index (Phi) is 2.58. The first-order valence-corrected chi connectivity index (χ1v) is 5.62. The first kappa shape index (κ1) is 10.4. The van der Waals surface area contributed by atoms with Crippen molar-refractivity contribution in [3.05, 3.63) is 0 Å². The summed E-state index contributed by atoms with van der Waals surface area (Å²) >= 11 is 0. The van der Waals surface area contributed by atoms with Gasteiger partial charge in [0.05, 0.1) is 6.61 Å². The highest BCUT2D eigenvalue weighted by atomic mass is 16.5. The molecule has 3 heteroatoms. The molecule has 2 N–H and O–H groups in total. The molecule has 2 fully saturated rings. The van der Waals surface area contributed by atoms with Crippen molar-refractivity contribution in [2.45, 2.75) is 32.9 Å². The third-order valence-corrected chi connectivity index (χ3v) is 3.52. The van der Waals surface area contributed by atoms with E-state index in [0.29, 0.717) is 5.92 Å². The third-order valence-electron chi connectivity index (χ3n) is 3.52. The van der Waals surface area contributed by atoms with Crippen molar-refractivity contribution in [1.29, 1.82) is 0 Å². The van der Waals surface area contributed by atoms with Crippen LogP contribution in [0.2, 0.25) is 0 Å². The average Bonchev–Trinajstić information content (AvgIpc) is 2.64. The van der Waals surface area contributed by atoms with E-state index in [1.54, 1.807) is 0 Å². The van der Waals surface area contributed by atoms with Crippen LogP contribution in [0.5, 0.6) is 0 Å². The summed E-state index contributed by atoms with van der Waals surface area (Å²) in [5.74, 6) is 0.624. The molecule has 2 rings (SSSR count). The standard InChI is InChI=1S/C11H22N2O/c1-10(2)7-13-11(3,14-8-10)9-4-5-12-6-9/h9,12-13H,4-8H2,1-3H3. The van der Waals surface area contributed by atoms with Crippen molar-refractivity contribution in [2.24, 2.45) is 11.3 Å². The molecule has 82 valence electrons. The van der Waals surface area contributed by atoms with Crippen molar-refractivity contribution in [1.82, 2.24) is 10.6 Å². The Morgan fingerprint density at radius 1 is 1.29 bits per heavy atom. The first-order chi connectivity index (χ1) is 6.52. The van der Waals surface area contributed by atoms with Gasteiger partial charge in [0, 0.05) is 24.4 Å². The molecule has 0 aromatic carbocycles. The molecule has 0 aliphatic carbocycles. The highest BCUT2D eigenvalue weighted by Crippen LogP contribution is 2.31. The summed E-state index contributed by atoms with van der Waals surface area (Å²) in [6, 6.07) is 0. The molecule has 0 spiro atoms. The molecule has 0 aromatic rings. The lowest BCUT2D eigenvalue weighted by molar-refractivity contribution is -0.152. The van der Waals surface area contributed by atoms with Crippen LogP contribution >= 0.6 is 0 Å². The predicted molar refractivity (Wildman–Crippen MR) is 57.1 cm³/mol. The van der Waals surface area contributed by atoms with Gasteiger partial charge in [-0.2, -0.15) is 0 Å². The SMILES string of the molecule is CC1(C)CNC(C)(C2CCNC2)OC1. The van der Waals surface area contributed by atoms with Crippen molar-refractivity contribution in [3.63, 3.8) is 0 Å². The van der Waals surface area contributed by atoms with Gasteiger partial charge in [0.1, 0.15) is 5.72 Å². The van der Waals surface area contributed by atoms with E-state index < -0.39 is 0 Å². The molecule has 3 nitrogen and oxygen atoms in total. The summed E-state index contributed by atoms with van der Waals surface area (Å²) < 4.78 is 6.01. The van der Waals surface area contributed by atoms with Crippen molar-refractivity contribution >= 4 is 0 Å². The molecular formula is C11H22N2O. The minimum Gasteiger partial charge on any atom is -0.360 e. The van der Waals surface area contributed by atoms with Gasteiger partial charge >= 0.3 is 0 Å². The maximum Gasteiger partial charge on any atom is 0.120 e. The van der Waals surface area contributed by atoms with Gasteiger partial charge in [0.15, 0.2) is 0 Å². The lowest BCUT2D eigenvalue weighted by Crippen LogP contribution is -2.60. The van der Waals surface area contributed by atoms with E-state index in [4.69, 9.17) is 4.74 Å². The van der Waals surface area contributed by atoms with Crippen LogP contribution < -0.4 is 10.6 Å². The van der Waals surface area contributed by atoms with Gasteiger partial charge in [-0.3, -0.25) is 5.32 Å². The van der Waals surface area contributed by atoms with Gasteiger partial charge in [-0.15, -0.1) is 0 Å². The molecule has 0 saturated carbocycles. The Morgan fingerprint density at radius 3 is 2.57 bits per heavy atom.